The lowest BCUT2D eigenvalue weighted by Gasteiger charge is -2.08. The molecule has 0 spiro atoms. The normalized spacial score (nSPS) is 11.4. The van der Waals surface area contributed by atoms with Gasteiger partial charge in [-0.25, -0.2) is 12.8 Å². The zero-order valence-electron chi connectivity index (χ0n) is 11.1. The number of hydrogen-bond donors (Lipinski definition) is 1. The summed E-state index contributed by atoms with van der Waals surface area (Å²) in [5.74, 6) is -0.923. The number of methoxy groups -OCH3 is 1. The summed E-state index contributed by atoms with van der Waals surface area (Å²) < 4.78 is 43.0. The van der Waals surface area contributed by atoms with Crippen molar-refractivity contribution in [2.45, 2.75) is 10.6 Å². The van der Waals surface area contributed by atoms with E-state index in [2.05, 4.69) is 0 Å². The summed E-state index contributed by atoms with van der Waals surface area (Å²) in [5.41, 5.74) is 6.21. The van der Waals surface area contributed by atoms with E-state index in [1.165, 1.54) is 37.4 Å². The molecule has 112 valence electrons. The van der Waals surface area contributed by atoms with Gasteiger partial charge in [-0.3, -0.25) is 0 Å². The molecule has 2 aromatic carbocycles. The number of rotatable bonds is 4. The van der Waals surface area contributed by atoms with E-state index in [0.717, 1.165) is 6.07 Å². The van der Waals surface area contributed by atoms with Crippen LogP contribution in [0.5, 0.6) is 5.75 Å². The maximum absolute atomic E-state index is 13.6. The van der Waals surface area contributed by atoms with E-state index in [1.807, 2.05) is 0 Å². The third kappa shape index (κ3) is 3.46. The summed E-state index contributed by atoms with van der Waals surface area (Å²) in [7, 11) is -2.36. The molecule has 0 saturated carbocycles. The van der Waals surface area contributed by atoms with Crippen LogP contribution in [-0.2, 0) is 15.6 Å². The standard InChI is InChI=1S/C14H13ClFNO3S/c1-20-13-4-2-9(6-12(13)16)8-21(18,19)14-5-3-10(17)7-11(14)15/h2-7H,8,17H2,1H3. The maximum Gasteiger partial charge on any atom is 0.183 e. The van der Waals surface area contributed by atoms with E-state index < -0.39 is 15.7 Å². The molecule has 0 aliphatic carbocycles. The first-order chi connectivity index (χ1) is 9.83. The fourth-order valence-corrected chi connectivity index (χ4v) is 3.81. The van der Waals surface area contributed by atoms with Crippen LogP contribution in [0.25, 0.3) is 0 Å². The number of nitrogens with two attached hydrogens (primary N) is 1. The fourth-order valence-electron chi connectivity index (χ4n) is 1.87. The van der Waals surface area contributed by atoms with Crippen molar-refractivity contribution in [2.24, 2.45) is 0 Å². The Morgan fingerprint density at radius 2 is 1.95 bits per heavy atom. The van der Waals surface area contributed by atoms with Crippen LogP contribution in [0.2, 0.25) is 5.02 Å². The smallest absolute Gasteiger partial charge is 0.183 e. The quantitative estimate of drug-likeness (QED) is 0.875. The van der Waals surface area contributed by atoms with Crippen LogP contribution in [0.1, 0.15) is 5.56 Å². The molecule has 0 saturated heterocycles. The van der Waals surface area contributed by atoms with Gasteiger partial charge in [0.15, 0.2) is 21.4 Å². The highest BCUT2D eigenvalue weighted by molar-refractivity contribution is 7.90. The SMILES string of the molecule is COc1ccc(CS(=O)(=O)c2ccc(N)cc2Cl)cc1F. The number of hydrogen-bond acceptors (Lipinski definition) is 4. The van der Waals surface area contributed by atoms with Gasteiger partial charge in [0.1, 0.15) is 0 Å². The molecule has 21 heavy (non-hydrogen) atoms. The van der Waals surface area contributed by atoms with Crippen molar-refractivity contribution in [1.29, 1.82) is 0 Å². The van der Waals surface area contributed by atoms with Crippen LogP contribution >= 0.6 is 11.6 Å². The van der Waals surface area contributed by atoms with Gasteiger partial charge in [-0.05, 0) is 35.9 Å². The minimum Gasteiger partial charge on any atom is -0.494 e. The Morgan fingerprint density at radius 3 is 2.52 bits per heavy atom. The summed E-state index contributed by atoms with van der Waals surface area (Å²) in [4.78, 5) is -0.0328. The molecular formula is C14H13ClFNO3S. The average molecular weight is 330 g/mol. The molecule has 0 fully saturated rings. The molecule has 0 radical (unpaired) electrons. The highest BCUT2D eigenvalue weighted by Crippen LogP contribution is 2.27. The lowest BCUT2D eigenvalue weighted by atomic mass is 10.2. The Kier molecular flexibility index (Phi) is 4.39. The van der Waals surface area contributed by atoms with Gasteiger partial charge in [-0.2, -0.15) is 0 Å². The van der Waals surface area contributed by atoms with Gasteiger partial charge >= 0.3 is 0 Å². The molecule has 2 N–H and O–H groups in total. The summed E-state index contributed by atoms with van der Waals surface area (Å²) in [6.45, 7) is 0. The molecule has 7 heteroatoms. The lowest BCUT2D eigenvalue weighted by Crippen LogP contribution is -2.06. The van der Waals surface area contributed by atoms with Crippen molar-refractivity contribution in [1.82, 2.24) is 0 Å². The summed E-state index contributed by atoms with van der Waals surface area (Å²) in [5, 5.41) is 0.0454. The summed E-state index contributed by atoms with van der Waals surface area (Å²) >= 11 is 5.91. The van der Waals surface area contributed by atoms with Crippen LogP contribution in [0.3, 0.4) is 0 Å². The first-order valence-corrected chi connectivity index (χ1v) is 7.96. The largest absolute Gasteiger partial charge is 0.494 e. The molecule has 0 atom stereocenters. The molecule has 0 bridgehead atoms. The van der Waals surface area contributed by atoms with E-state index in [0.29, 0.717) is 11.3 Å². The predicted octanol–water partition coefficient (Wildman–Crippen LogP) is 3.04. The van der Waals surface area contributed by atoms with Gasteiger partial charge < -0.3 is 10.5 Å². The van der Waals surface area contributed by atoms with E-state index in [4.69, 9.17) is 22.1 Å². The minimum absolute atomic E-state index is 0.0328. The Hall–Kier alpha value is -1.79. The van der Waals surface area contributed by atoms with Gasteiger partial charge in [-0.1, -0.05) is 17.7 Å². The Balaban J connectivity index is 2.35. The van der Waals surface area contributed by atoms with Crippen molar-refractivity contribution in [2.75, 3.05) is 12.8 Å². The van der Waals surface area contributed by atoms with Gasteiger partial charge in [0.05, 0.1) is 22.8 Å². The Bertz CT molecular complexity index is 778. The molecule has 0 aliphatic rings. The van der Waals surface area contributed by atoms with E-state index in [9.17, 15) is 12.8 Å². The van der Waals surface area contributed by atoms with Crippen molar-refractivity contribution < 1.29 is 17.5 Å². The second kappa shape index (κ2) is 5.91. The monoisotopic (exact) mass is 329 g/mol. The molecule has 0 amide bonds. The third-order valence-corrected chi connectivity index (χ3v) is 5.03. The molecule has 0 aromatic heterocycles. The number of sulfone groups is 1. The predicted molar refractivity (Wildman–Crippen MR) is 79.7 cm³/mol. The number of halogens is 2. The van der Waals surface area contributed by atoms with E-state index in [-0.39, 0.29) is 21.4 Å². The first kappa shape index (κ1) is 15.6. The van der Waals surface area contributed by atoms with E-state index >= 15 is 0 Å². The Morgan fingerprint density at radius 1 is 1.24 bits per heavy atom. The van der Waals surface area contributed by atoms with Crippen LogP contribution < -0.4 is 10.5 Å². The van der Waals surface area contributed by atoms with Crippen LogP contribution in [0, 0.1) is 5.82 Å². The average Bonchev–Trinajstić information content (AvgIpc) is 2.37. The third-order valence-electron chi connectivity index (χ3n) is 2.86. The van der Waals surface area contributed by atoms with Gasteiger partial charge in [-0.15, -0.1) is 0 Å². The molecule has 0 unspecified atom stereocenters. The zero-order chi connectivity index (χ0) is 15.6. The molecule has 0 heterocycles. The second-order valence-electron chi connectivity index (χ2n) is 4.42. The first-order valence-electron chi connectivity index (χ1n) is 5.93. The molecule has 4 nitrogen and oxygen atoms in total. The Labute approximate surface area is 127 Å². The second-order valence-corrected chi connectivity index (χ2v) is 6.78. The topological polar surface area (TPSA) is 69.4 Å². The summed E-state index contributed by atoms with van der Waals surface area (Å²) in [6, 6.07) is 8.15. The van der Waals surface area contributed by atoms with Crippen LogP contribution in [-0.4, -0.2) is 15.5 Å². The van der Waals surface area contributed by atoms with Crippen molar-refractivity contribution in [3.8, 4) is 5.75 Å². The van der Waals surface area contributed by atoms with Crippen molar-refractivity contribution in [3.63, 3.8) is 0 Å². The highest BCUT2D eigenvalue weighted by Gasteiger charge is 2.19. The number of ether oxygens (including phenoxy) is 1. The molecular weight excluding hydrogens is 317 g/mol. The minimum atomic E-state index is -3.69. The number of benzene rings is 2. The van der Waals surface area contributed by atoms with Crippen LogP contribution in [0.4, 0.5) is 10.1 Å². The van der Waals surface area contributed by atoms with Gasteiger partial charge in [0.2, 0.25) is 0 Å². The van der Waals surface area contributed by atoms with Crippen LogP contribution in [0.15, 0.2) is 41.3 Å². The fraction of sp³-hybridized carbons (Fsp3) is 0.143. The highest BCUT2D eigenvalue weighted by atomic mass is 35.5. The van der Waals surface area contributed by atoms with Gasteiger partial charge in [0, 0.05) is 5.69 Å². The zero-order valence-corrected chi connectivity index (χ0v) is 12.7. The number of nitrogen functional groups attached to an aromatic ring is 1. The maximum atomic E-state index is 13.6. The van der Waals surface area contributed by atoms with Crippen molar-refractivity contribution in [3.05, 3.63) is 52.8 Å². The van der Waals surface area contributed by atoms with E-state index in [1.54, 1.807) is 0 Å². The van der Waals surface area contributed by atoms with Gasteiger partial charge in [0.25, 0.3) is 0 Å². The summed E-state index contributed by atoms with van der Waals surface area (Å²) in [6.07, 6.45) is 0. The molecule has 2 aromatic rings. The lowest BCUT2D eigenvalue weighted by molar-refractivity contribution is 0.386. The number of anilines is 1. The van der Waals surface area contributed by atoms with Crippen molar-refractivity contribution >= 4 is 27.1 Å². The molecule has 0 aliphatic heterocycles. The molecule has 2 rings (SSSR count).